The second-order valence-electron chi connectivity index (χ2n) is 4.28. The van der Waals surface area contributed by atoms with Crippen LogP contribution in [0, 0.1) is 0 Å². The quantitative estimate of drug-likeness (QED) is 0.784. The predicted molar refractivity (Wildman–Crippen MR) is 75.8 cm³/mol. The maximum absolute atomic E-state index is 12.5. The van der Waals surface area contributed by atoms with E-state index in [1.54, 1.807) is 0 Å². The Kier molecular flexibility index (Phi) is 4.31. The molecule has 0 spiro atoms. The van der Waals surface area contributed by atoms with Gasteiger partial charge in [0, 0.05) is 0 Å². The van der Waals surface area contributed by atoms with Crippen molar-refractivity contribution in [3.63, 3.8) is 0 Å². The zero-order valence-corrected chi connectivity index (χ0v) is 11.1. The van der Waals surface area contributed by atoms with Crippen LogP contribution in [0.25, 0.3) is 0 Å². The van der Waals surface area contributed by atoms with Crippen LogP contribution in [-0.4, -0.2) is 13.0 Å². The molecule has 1 unspecified atom stereocenters. The number of amides is 1. The molecule has 2 aromatic rings. The summed E-state index contributed by atoms with van der Waals surface area (Å²) in [4.78, 5) is 17.7. The summed E-state index contributed by atoms with van der Waals surface area (Å²) < 4.78 is 0. The Morgan fingerprint density at radius 3 is 2.05 bits per heavy atom. The summed E-state index contributed by atoms with van der Waals surface area (Å²) in [5.41, 5.74) is 1.71. The van der Waals surface area contributed by atoms with Gasteiger partial charge in [0.15, 0.2) is 0 Å². The van der Waals surface area contributed by atoms with Crippen molar-refractivity contribution < 1.29 is 9.63 Å². The molecule has 2 aromatic carbocycles. The Morgan fingerprint density at radius 2 is 1.53 bits per heavy atom. The van der Waals surface area contributed by atoms with Crippen molar-refractivity contribution in [1.82, 2.24) is 0 Å². The Bertz CT molecular complexity index is 525. The van der Waals surface area contributed by atoms with Crippen molar-refractivity contribution in [2.24, 2.45) is 0 Å². The largest absolute Gasteiger partial charge is 0.271 e. The van der Waals surface area contributed by atoms with Gasteiger partial charge in [0.2, 0.25) is 0 Å². The fraction of sp³-hybridized carbons (Fsp3) is 0.188. The first kappa shape index (κ1) is 13.3. The Labute approximate surface area is 113 Å². The average molecular weight is 255 g/mol. The van der Waals surface area contributed by atoms with Crippen LogP contribution in [0.2, 0.25) is 0 Å². The Hall–Kier alpha value is -2.13. The first-order chi connectivity index (χ1) is 9.24. The lowest BCUT2D eigenvalue weighted by molar-refractivity contribution is -0.125. The van der Waals surface area contributed by atoms with E-state index >= 15 is 0 Å². The van der Waals surface area contributed by atoms with Crippen LogP contribution in [0.15, 0.2) is 60.7 Å². The third-order valence-electron chi connectivity index (χ3n) is 3.04. The molecule has 2 rings (SSSR count). The molecule has 0 aromatic heterocycles. The molecular formula is C16H17NO2. The minimum absolute atomic E-state index is 0.0834. The van der Waals surface area contributed by atoms with E-state index in [9.17, 15) is 4.79 Å². The lowest BCUT2D eigenvalue weighted by atomic mass is 10.0. The normalized spacial score (nSPS) is 11.9. The summed E-state index contributed by atoms with van der Waals surface area (Å²) >= 11 is 0. The molecule has 3 heteroatoms. The lowest BCUT2D eigenvalue weighted by Crippen LogP contribution is -2.33. The van der Waals surface area contributed by atoms with Gasteiger partial charge in [-0.05, 0) is 24.6 Å². The zero-order valence-electron chi connectivity index (χ0n) is 11.1. The van der Waals surface area contributed by atoms with Crippen LogP contribution in [-0.2, 0) is 9.63 Å². The maximum atomic E-state index is 12.5. The van der Waals surface area contributed by atoms with Crippen LogP contribution in [0.4, 0.5) is 5.69 Å². The van der Waals surface area contributed by atoms with Gasteiger partial charge >= 0.3 is 0 Å². The molecule has 0 heterocycles. The maximum Gasteiger partial charge on any atom is 0.258 e. The van der Waals surface area contributed by atoms with Gasteiger partial charge in [-0.15, -0.1) is 0 Å². The van der Waals surface area contributed by atoms with Crippen LogP contribution in [0.5, 0.6) is 0 Å². The first-order valence-electron chi connectivity index (χ1n) is 6.22. The highest BCUT2D eigenvalue weighted by Crippen LogP contribution is 2.22. The molecule has 0 bridgehead atoms. The molecule has 3 nitrogen and oxygen atoms in total. The van der Waals surface area contributed by atoms with Gasteiger partial charge < -0.3 is 0 Å². The van der Waals surface area contributed by atoms with Crippen molar-refractivity contribution in [1.29, 1.82) is 0 Å². The Balaban J connectivity index is 2.22. The number of hydroxylamine groups is 1. The van der Waals surface area contributed by atoms with E-state index in [-0.39, 0.29) is 11.8 Å². The fourth-order valence-corrected chi connectivity index (χ4v) is 1.95. The SMILES string of the molecule is CON(C(=O)C(C)c1ccccc1)c1ccccc1. The second-order valence-corrected chi connectivity index (χ2v) is 4.28. The standard InChI is InChI=1S/C16H17NO2/c1-13(14-9-5-3-6-10-14)16(18)17(19-2)15-11-7-4-8-12-15/h3-13H,1-2H3. The molecule has 0 fully saturated rings. The molecule has 0 aliphatic carbocycles. The van der Waals surface area contributed by atoms with Crippen molar-refractivity contribution in [2.75, 3.05) is 12.2 Å². The number of anilines is 1. The highest BCUT2D eigenvalue weighted by atomic mass is 16.7. The number of nitrogens with zero attached hydrogens (tertiary/aromatic N) is 1. The predicted octanol–water partition coefficient (Wildman–Crippen LogP) is 3.38. The van der Waals surface area contributed by atoms with Crippen molar-refractivity contribution in [3.8, 4) is 0 Å². The van der Waals surface area contributed by atoms with Crippen LogP contribution < -0.4 is 5.06 Å². The number of carbonyl (C=O) groups is 1. The van der Waals surface area contributed by atoms with E-state index in [1.807, 2.05) is 67.6 Å². The summed E-state index contributed by atoms with van der Waals surface area (Å²) in [6, 6.07) is 19.0. The smallest absolute Gasteiger partial charge is 0.258 e. The summed E-state index contributed by atoms with van der Waals surface area (Å²) in [6.07, 6.45) is 0. The number of carbonyl (C=O) groups excluding carboxylic acids is 1. The van der Waals surface area contributed by atoms with Gasteiger partial charge in [0.25, 0.3) is 5.91 Å². The summed E-state index contributed by atoms with van der Waals surface area (Å²) in [5.74, 6) is -0.332. The molecule has 1 amide bonds. The number of benzene rings is 2. The second kappa shape index (κ2) is 6.16. The highest BCUT2D eigenvalue weighted by Gasteiger charge is 2.23. The molecule has 98 valence electrons. The van der Waals surface area contributed by atoms with E-state index in [0.717, 1.165) is 11.3 Å². The monoisotopic (exact) mass is 255 g/mol. The average Bonchev–Trinajstić information content (AvgIpc) is 2.49. The number of rotatable bonds is 4. The molecule has 0 N–H and O–H groups in total. The lowest BCUT2D eigenvalue weighted by Gasteiger charge is -2.23. The third-order valence-corrected chi connectivity index (χ3v) is 3.04. The molecular weight excluding hydrogens is 238 g/mol. The van der Waals surface area contributed by atoms with E-state index in [0.29, 0.717) is 0 Å². The minimum atomic E-state index is -0.249. The van der Waals surface area contributed by atoms with Crippen molar-refractivity contribution in [2.45, 2.75) is 12.8 Å². The molecule has 1 atom stereocenters. The molecule has 0 saturated carbocycles. The van der Waals surface area contributed by atoms with Crippen LogP contribution >= 0.6 is 0 Å². The zero-order chi connectivity index (χ0) is 13.7. The van der Waals surface area contributed by atoms with Crippen LogP contribution in [0.1, 0.15) is 18.4 Å². The van der Waals surface area contributed by atoms with E-state index in [1.165, 1.54) is 12.2 Å². The molecule has 0 radical (unpaired) electrons. The van der Waals surface area contributed by atoms with Gasteiger partial charge in [0.1, 0.15) is 0 Å². The van der Waals surface area contributed by atoms with Gasteiger partial charge in [0.05, 0.1) is 18.7 Å². The first-order valence-corrected chi connectivity index (χ1v) is 6.22. The Morgan fingerprint density at radius 1 is 1.00 bits per heavy atom. The van der Waals surface area contributed by atoms with E-state index in [2.05, 4.69) is 0 Å². The molecule has 0 saturated heterocycles. The molecule has 19 heavy (non-hydrogen) atoms. The minimum Gasteiger partial charge on any atom is -0.271 e. The van der Waals surface area contributed by atoms with Gasteiger partial charge in [-0.25, -0.2) is 0 Å². The van der Waals surface area contributed by atoms with Crippen molar-refractivity contribution >= 4 is 11.6 Å². The topological polar surface area (TPSA) is 29.5 Å². The molecule has 0 aliphatic rings. The van der Waals surface area contributed by atoms with Gasteiger partial charge in [-0.2, -0.15) is 5.06 Å². The van der Waals surface area contributed by atoms with E-state index < -0.39 is 0 Å². The number of para-hydroxylation sites is 1. The van der Waals surface area contributed by atoms with Gasteiger partial charge in [-0.1, -0.05) is 48.5 Å². The molecule has 0 aliphatic heterocycles. The van der Waals surface area contributed by atoms with E-state index in [4.69, 9.17) is 4.84 Å². The van der Waals surface area contributed by atoms with Crippen molar-refractivity contribution in [3.05, 3.63) is 66.2 Å². The number of hydrogen-bond donors (Lipinski definition) is 0. The number of hydrogen-bond acceptors (Lipinski definition) is 2. The summed E-state index contributed by atoms with van der Waals surface area (Å²) in [6.45, 7) is 1.88. The van der Waals surface area contributed by atoms with Gasteiger partial charge in [-0.3, -0.25) is 9.63 Å². The fourth-order valence-electron chi connectivity index (χ4n) is 1.95. The third kappa shape index (κ3) is 3.01. The van der Waals surface area contributed by atoms with Crippen LogP contribution in [0.3, 0.4) is 0 Å². The summed E-state index contributed by atoms with van der Waals surface area (Å²) in [7, 11) is 1.50. The highest BCUT2D eigenvalue weighted by molar-refractivity contribution is 5.96. The summed E-state index contributed by atoms with van der Waals surface area (Å²) in [5, 5.41) is 1.33.